The van der Waals surface area contributed by atoms with Crippen LogP contribution in [0.5, 0.6) is 0 Å². The van der Waals surface area contributed by atoms with Gasteiger partial charge in [-0.2, -0.15) is 5.10 Å². The van der Waals surface area contributed by atoms with Crippen molar-refractivity contribution >= 4 is 23.4 Å². The number of carbonyl (C=O) groups excluding carboxylic acids is 2. The average Bonchev–Trinajstić information content (AvgIpc) is 3.30. The maximum atomic E-state index is 12.6. The molecule has 3 amide bonds. The number of carbonyl (C=O) groups is 2. The molecule has 3 unspecified atom stereocenters. The van der Waals surface area contributed by atoms with E-state index in [9.17, 15) is 9.59 Å². The lowest BCUT2D eigenvalue weighted by atomic mass is 9.92. The summed E-state index contributed by atoms with van der Waals surface area (Å²) in [6.07, 6.45) is 2.42. The molecule has 1 aromatic heterocycles. The maximum Gasteiger partial charge on any atom is 0.324 e. The third-order valence-electron chi connectivity index (χ3n) is 5.80. The van der Waals surface area contributed by atoms with Crippen LogP contribution in [0, 0.1) is 12.8 Å². The summed E-state index contributed by atoms with van der Waals surface area (Å²) < 4.78 is 1.67. The molecule has 160 valence electrons. The van der Waals surface area contributed by atoms with Gasteiger partial charge in [0, 0.05) is 23.2 Å². The van der Waals surface area contributed by atoms with E-state index in [-0.39, 0.29) is 29.3 Å². The first kappa shape index (κ1) is 20.4. The topological polar surface area (TPSA) is 100 Å². The van der Waals surface area contributed by atoms with Crippen molar-refractivity contribution in [1.29, 1.82) is 0 Å². The zero-order valence-corrected chi connectivity index (χ0v) is 18.0. The summed E-state index contributed by atoms with van der Waals surface area (Å²) in [6.45, 7) is 8.19. The van der Waals surface area contributed by atoms with Gasteiger partial charge in [0.25, 0.3) is 0 Å². The molecule has 0 spiro atoms. The largest absolute Gasteiger partial charge is 0.324 e. The number of hydrogen-bond acceptors (Lipinski definition) is 4. The summed E-state index contributed by atoms with van der Waals surface area (Å²) in [5.74, 6) is 0.586. The molecule has 4 N–H and O–H groups in total. The SMILES string of the molecule is Cc1ccc(NC(=O)Nc2cc(C(C)(C)C)nn2C2NC(=O)C3CCCC3N2)cc1. The minimum Gasteiger partial charge on any atom is -0.322 e. The summed E-state index contributed by atoms with van der Waals surface area (Å²) in [5.41, 5.74) is 2.46. The Hall–Kier alpha value is -2.87. The van der Waals surface area contributed by atoms with E-state index in [0.29, 0.717) is 11.5 Å². The molecule has 2 heterocycles. The van der Waals surface area contributed by atoms with Crippen LogP contribution in [0.2, 0.25) is 0 Å². The quantitative estimate of drug-likeness (QED) is 0.622. The molecule has 3 atom stereocenters. The van der Waals surface area contributed by atoms with Crippen molar-refractivity contribution in [2.45, 2.75) is 64.7 Å². The van der Waals surface area contributed by atoms with Gasteiger partial charge in [0.15, 0.2) is 6.29 Å². The van der Waals surface area contributed by atoms with Crippen molar-refractivity contribution in [3.63, 3.8) is 0 Å². The Morgan fingerprint density at radius 2 is 1.90 bits per heavy atom. The van der Waals surface area contributed by atoms with Crippen LogP contribution < -0.4 is 21.3 Å². The highest BCUT2D eigenvalue weighted by molar-refractivity contribution is 5.99. The standard InChI is InChI=1S/C22H30N6O2/c1-13-8-10-14(11-9-13)23-21(30)25-18-12-17(22(2,3)4)27-28(18)20-24-16-7-5-6-15(16)19(29)26-20/h8-12,15-16,20,24H,5-7H2,1-4H3,(H,26,29)(H2,23,25,30). The number of benzene rings is 1. The Kier molecular flexibility index (Phi) is 5.27. The third kappa shape index (κ3) is 4.18. The van der Waals surface area contributed by atoms with E-state index < -0.39 is 6.29 Å². The Balaban J connectivity index is 1.57. The van der Waals surface area contributed by atoms with Crippen LogP contribution in [0.1, 0.15) is 57.6 Å². The van der Waals surface area contributed by atoms with Crippen LogP contribution in [-0.2, 0) is 10.2 Å². The molecular weight excluding hydrogens is 380 g/mol. The molecule has 2 fully saturated rings. The summed E-state index contributed by atoms with van der Waals surface area (Å²) in [6, 6.07) is 9.24. The Morgan fingerprint density at radius 1 is 1.17 bits per heavy atom. The second kappa shape index (κ2) is 7.75. The Labute approximate surface area is 176 Å². The number of nitrogens with one attached hydrogen (secondary N) is 4. The van der Waals surface area contributed by atoms with E-state index in [1.165, 1.54) is 0 Å². The monoisotopic (exact) mass is 410 g/mol. The molecule has 0 radical (unpaired) electrons. The lowest BCUT2D eigenvalue weighted by Gasteiger charge is -2.34. The smallest absolute Gasteiger partial charge is 0.322 e. The van der Waals surface area contributed by atoms with E-state index in [0.717, 1.165) is 30.5 Å². The van der Waals surface area contributed by atoms with Gasteiger partial charge in [-0.3, -0.25) is 15.4 Å². The molecule has 2 aromatic rings. The number of urea groups is 1. The molecule has 1 saturated carbocycles. The highest BCUT2D eigenvalue weighted by Gasteiger charge is 2.40. The molecular formula is C22H30N6O2. The molecule has 1 saturated heterocycles. The molecule has 30 heavy (non-hydrogen) atoms. The van der Waals surface area contributed by atoms with Gasteiger partial charge in [0.05, 0.1) is 11.6 Å². The molecule has 1 aromatic carbocycles. The van der Waals surface area contributed by atoms with Crippen LogP contribution in [0.3, 0.4) is 0 Å². The van der Waals surface area contributed by atoms with E-state index in [1.54, 1.807) is 4.68 Å². The summed E-state index contributed by atoms with van der Waals surface area (Å²) in [4.78, 5) is 25.2. The molecule has 2 aliphatic rings. The highest BCUT2D eigenvalue weighted by atomic mass is 16.2. The summed E-state index contributed by atoms with van der Waals surface area (Å²) in [5, 5.41) is 17.0. The number of amides is 3. The number of nitrogens with zero attached hydrogens (tertiary/aromatic N) is 2. The first-order chi connectivity index (χ1) is 14.2. The summed E-state index contributed by atoms with van der Waals surface area (Å²) in [7, 11) is 0. The molecule has 1 aliphatic heterocycles. The second-order valence-electron chi connectivity index (χ2n) is 9.28. The number of anilines is 2. The molecule has 8 nitrogen and oxygen atoms in total. The minimum atomic E-state index is -0.498. The average molecular weight is 411 g/mol. The van der Waals surface area contributed by atoms with Crippen molar-refractivity contribution < 1.29 is 9.59 Å². The molecule has 4 rings (SSSR count). The van der Waals surface area contributed by atoms with Crippen LogP contribution in [0.25, 0.3) is 0 Å². The lowest BCUT2D eigenvalue weighted by Crippen LogP contribution is -2.57. The van der Waals surface area contributed by atoms with E-state index in [4.69, 9.17) is 5.10 Å². The van der Waals surface area contributed by atoms with Crippen molar-refractivity contribution in [2.24, 2.45) is 5.92 Å². The van der Waals surface area contributed by atoms with Crippen LogP contribution >= 0.6 is 0 Å². The summed E-state index contributed by atoms with van der Waals surface area (Å²) >= 11 is 0. The molecule has 1 aliphatic carbocycles. The van der Waals surface area contributed by atoms with Gasteiger partial charge in [-0.15, -0.1) is 0 Å². The fourth-order valence-electron chi connectivity index (χ4n) is 4.06. The highest BCUT2D eigenvalue weighted by Crippen LogP contribution is 2.32. The number of aromatic nitrogens is 2. The number of hydrogen-bond donors (Lipinski definition) is 4. The molecule has 8 heteroatoms. The van der Waals surface area contributed by atoms with Gasteiger partial charge in [-0.25, -0.2) is 9.48 Å². The predicted molar refractivity (Wildman–Crippen MR) is 116 cm³/mol. The second-order valence-corrected chi connectivity index (χ2v) is 9.28. The zero-order chi connectivity index (χ0) is 21.5. The first-order valence-electron chi connectivity index (χ1n) is 10.5. The fourth-order valence-corrected chi connectivity index (χ4v) is 4.06. The molecule has 0 bridgehead atoms. The Morgan fingerprint density at radius 3 is 2.60 bits per heavy atom. The van der Waals surface area contributed by atoms with Crippen LogP contribution in [0.4, 0.5) is 16.3 Å². The van der Waals surface area contributed by atoms with Gasteiger partial charge in [-0.05, 0) is 31.9 Å². The number of rotatable bonds is 3. The van der Waals surface area contributed by atoms with Gasteiger partial charge >= 0.3 is 6.03 Å². The van der Waals surface area contributed by atoms with E-state index >= 15 is 0 Å². The van der Waals surface area contributed by atoms with Gasteiger partial charge in [0.1, 0.15) is 5.82 Å². The maximum absolute atomic E-state index is 12.6. The van der Waals surface area contributed by atoms with Gasteiger partial charge in [0.2, 0.25) is 5.91 Å². The third-order valence-corrected chi connectivity index (χ3v) is 5.80. The van der Waals surface area contributed by atoms with Gasteiger partial charge < -0.3 is 10.6 Å². The number of fused-ring (bicyclic) bond motifs is 1. The zero-order valence-electron chi connectivity index (χ0n) is 18.0. The minimum absolute atomic E-state index is 0.0140. The lowest BCUT2D eigenvalue weighted by molar-refractivity contribution is -0.130. The first-order valence-corrected chi connectivity index (χ1v) is 10.5. The van der Waals surface area contributed by atoms with Crippen LogP contribution in [0.15, 0.2) is 30.3 Å². The normalized spacial score (nSPS) is 23.6. The Bertz CT molecular complexity index is 944. The van der Waals surface area contributed by atoms with Crippen molar-refractivity contribution in [1.82, 2.24) is 20.4 Å². The van der Waals surface area contributed by atoms with E-state index in [1.807, 2.05) is 37.3 Å². The van der Waals surface area contributed by atoms with Crippen LogP contribution in [-0.4, -0.2) is 27.8 Å². The fraction of sp³-hybridized carbons (Fsp3) is 0.500. The van der Waals surface area contributed by atoms with Crippen molar-refractivity contribution in [3.8, 4) is 0 Å². The van der Waals surface area contributed by atoms with E-state index in [2.05, 4.69) is 42.0 Å². The number of aryl methyl sites for hydroxylation is 1. The predicted octanol–water partition coefficient (Wildman–Crippen LogP) is 3.48. The van der Waals surface area contributed by atoms with Crippen molar-refractivity contribution in [2.75, 3.05) is 10.6 Å². The van der Waals surface area contributed by atoms with Crippen molar-refractivity contribution in [3.05, 3.63) is 41.6 Å². The van der Waals surface area contributed by atoms with Gasteiger partial charge in [-0.1, -0.05) is 44.9 Å².